The van der Waals surface area contributed by atoms with E-state index < -0.39 is 0 Å². The Kier molecular flexibility index (Phi) is 5.42. The van der Waals surface area contributed by atoms with Crippen molar-refractivity contribution in [2.75, 3.05) is 5.75 Å². The fourth-order valence-electron chi connectivity index (χ4n) is 2.83. The van der Waals surface area contributed by atoms with Crippen molar-refractivity contribution in [1.29, 1.82) is 0 Å². The highest BCUT2D eigenvalue weighted by molar-refractivity contribution is 8.18. The molecule has 1 aliphatic heterocycles. The molecule has 2 atom stereocenters. The van der Waals surface area contributed by atoms with E-state index in [-0.39, 0.29) is 4.08 Å². The van der Waals surface area contributed by atoms with Gasteiger partial charge in [-0.15, -0.1) is 23.5 Å². The summed E-state index contributed by atoms with van der Waals surface area (Å²) in [5.41, 5.74) is 1.39. The smallest absolute Gasteiger partial charge is 0.0945 e. The van der Waals surface area contributed by atoms with Gasteiger partial charge in [-0.25, -0.2) is 4.98 Å². The van der Waals surface area contributed by atoms with Crippen LogP contribution in [-0.4, -0.2) is 20.6 Å². The Bertz CT molecular complexity index is 585. The average molecular weight is 353 g/mol. The molecule has 0 radical (unpaired) electrons. The van der Waals surface area contributed by atoms with Gasteiger partial charge in [0.25, 0.3) is 0 Å². The van der Waals surface area contributed by atoms with Crippen molar-refractivity contribution in [1.82, 2.24) is 9.55 Å². The third-order valence-electron chi connectivity index (χ3n) is 4.13. The molecule has 0 saturated carbocycles. The normalized spacial score (nSPS) is 25.3. The Hall–Kier alpha value is -0.580. The summed E-state index contributed by atoms with van der Waals surface area (Å²) >= 11 is 10.3. The number of imidazole rings is 1. The summed E-state index contributed by atoms with van der Waals surface area (Å²) in [6.07, 6.45) is 9.47. The van der Waals surface area contributed by atoms with Crippen LogP contribution in [0.2, 0.25) is 5.02 Å². The van der Waals surface area contributed by atoms with Crippen LogP contribution in [0.15, 0.2) is 43.0 Å². The van der Waals surface area contributed by atoms with Crippen molar-refractivity contribution in [3.8, 4) is 0 Å². The maximum Gasteiger partial charge on any atom is 0.0945 e. The summed E-state index contributed by atoms with van der Waals surface area (Å²) in [6.45, 7) is 3.30. The van der Waals surface area contributed by atoms with E-state index in [0.29, 0.717) is 0 Å². The molecule has 1 aromatic carbocycles. The van der Waals surface area contributed by atoms with E-state index in [1.54, 1.807) is 0 Å². The van der Waals surface area contributed by atoms with Crippen LogP contribution in [0.1, 0.15) is 31.7 Å². The number of benzene rings is 1. The lowest BCUT2D eigenvalue weighted by atomic mass is 10.1. The molecule has 1 fully saturated rings. The maximum absolute atomic E-state index is 6.08. The van der Waals surface area contributed by atoms with E-state index in [1.165, 1.54) is 24.2 Å². The molecular formula is C17H21ClN2S2. The molecular weight excluding hydrogens is 332 g/mol. The Labute approximate surface area is 146 Å². The molecule has 22 heavy (non-hydrogen) atoms. The van der Waals surface area contributed by atoms with Crippen LogP contribution < -0.4 is 0 Å². The molecule has 2 aromatic rings. The van der Waals surface area contributed by atoms with Gasteiger partial charge in [0.2, 0.25) is 0 Å². The first-order valence-electron chi connectivity index (χ1n) is 7.75. The number of nitrogens with zero attached hydrogens (tertiary/aromatic N) is 2. The molecule has 2 nitrogen and oxygen atoms in total. The number of hydrogen-bond acceptors (Lipinski definition) is 3. The number of halogens is 1. The molecule has 0 spiro atoms. The largest absolute Gasteiger partial charge is 0.337 e. The van der Waals surface area contributed by atoms with E-state index in [0.717, 1.165) is 23.2 Å². The van der Waals surface area contributed by atoms with Gasteiger partial charge in [-0.05, 0) is 42.7 Å². The molecule has 2 heterocycles. The fraction of sp³-hybridized carbons (Fsp3) is 0.471. The van der Waals surface area contributed by atoms with Crippen LogP contribution in [0.25, 0.3) is 0 Å². The summed E-state index contributed by atoms with van der Waals surface area (Å²) in [7, 11) is 0. The van der Waals surface area contributed by atoms with Gasteiger partial charge >= 0.3 is 0 Å². The molecule has 1 aromatic heterocycles. The van der Waals surface area contributed by atoms with E-state index in [1.807, 2.05) is 30.9 Å². The van der Waals surface area contributed by atoms with Gasteiger partial charge in [-0.2, -0.15) is 0 Å². The summed E-state index contributed by atoms with van der Waals surface area (Å²) in [5.74, 6) is 1.23. The molecule has 0 amide bonds. The van der Waals surface area contributed by atoms with Gasteiger partial charge in [0.15, 0.2) is 0 Å². The topological polar surface area (TPSA) is 17.8 Å². The minimum atomic E-state index is 0.133. The minimum absolute atomic E-state index is 0.133. The maximum atomic E-state index is 6.08. The average Bonchev–Trinajstić information content (AvgIpc) is 3.07. The highest BCUT2D eigenvalue weighted by Crippen LogP contribution is 2.56. The highest BCUT2D eigenvalue weighted by Gasteiger charge is 2.38. The quantitative estimate of drug-likeness (QED) is 0.714. The second-order valence-corrected chi connectivity index (χ2v) is 9.28. The van der Waals surface area contributed by atoms with Crippen LogP contribution in [0.5, 0.6) is 0 Å². The Morgan fingerprint density at radius 3 is 2.86 bits per heavy atom. The fourth-order valence-corrected chi connectivity index (χ4v) is 6.73. The van der Waals surface area contributed by atoms with Gasteiger partial charge in [-0.3, -0.25) is 0 Å². The monoisotopic (exact) mass is 352 g/mol. The summed E-state index contributed by atoms with van der Waals surface area (Å²) < 4.78 is 2.31. The lowest BCUT2D eigenvalue weighted by molar-refractivity contribution is 0.603. The van der Waals surface area contributed by atoms with Gasteiger partial charge < -0.3 is 4.57 Å². The van der Waals surface area contributed by atoms with E-state index in [2.05, 4.69) is 52.1 Å². The van der Waals surface area contributed by atoms with Crippen molar-refractivity contribution in [3.05, 3.63) is 53.6 Å². The minimum Gasteiger partial charge on any atom is -0.337 e. The first kappa shape index (κ1) is 16.3. The second kappa shape index (κ2) is 7.33. The molecule has 1 aliphatic rings. The van der Waals surface area contributed by atoms with Crippen molar-refractivity contribution >= 4 is 35.1 Å². The molecule has 0 N–H and O–H groups in total. The standard InChI is InChI=1S/C17H21ClN2S2/c1-2-16-7-12-21-17(22-16,8-10-20-11-9-19-13-20)14-3-5-15(18)6-4-14/h3-6,9,11,13,16H,2,7-8,10,12H2,1H3. The van der Waals surface area contributed by atoms with E-state index in [9.17, 15) is 0 Å². The molecule has 0 aliphatic carbocycles. The Morgan fingerprint density at radius 1 is 1.36 bits per heavy atom. The molecule has 1 saturated heterocycles. The van der Waals surface area contributed by atoms with Crippen molar-refractivity contribution < 1.29 is 0 Å². The highest BCUT2D eigenvalue weighted by atomic mass is 35.5. The summed E-state index contributed by atoms with van der Waals surface area (Å²) in [5, 5.41) is 1.56. The van der Waals surface area contributed by atoms with Crippen molar-refractivity contribution in [2.45, 2.75) is 42.1 Å². The molecule has 3 rings (SSSR count). The van der Waals surface area contributed by atoms with E-state index in [4.69, 9.17) is 11.6 Å². The lowest BCUT2D eigenvalue weighted by Crippen LogP contribution is -2.28. The summed E-state index contributed by atoms with van der Waals surface area (Å²) in [6, 6.07) is 8.45. The van der Waals surface area contributed by atoms with Crippen LogP contribution in [-0.2, 0) is 10.6 Å². The first-order chi connectivity index (χ1) is 10.7. The number of thioether (sulfide) groups is 2. The second-order valence-electron chi connectivity index (χ2n) is 5.60. The number of hydrogen-bond donors (Lipinski definition) is 0. The zero-order valence-electron chi connectivity index (χ0n) is 12.7. The predicted molar refractivity (Wildman–Crippen MR) is 98.7 cm³/mol. The van der Waals surface area contributed by atoms with Crippen LogP contribution in [0, 0.1) is 0 Å². The molecule has 0 bridgehead atoms. The van der Waals surface area contributed by atoms with E-state index >= 15 is 0 Å². The summed E-state index contributed by atoms with van der Waals surface area (Å²) in [4.78, 5) is 4.16. The van der Waals surface area contributed by atoms with Crippen LogP contribution in [0.4, 0.5) is 0 Å². The number of aryl methyl sites for hydroxylation is 1. The molecule has 118 valence electrons. The number of rotatable bonds is 5. The lowest BCUT2D eigenvalue weighted by Gasteiger charge is -2.40. The van der Waals surface area contributed by atoms with Crippen molar-refractivity contribution in [2.24, 2.45) is 0 Å². The van der Waals surface area contributed by atoms with Crippen LogP contribution >= 0.6 is 35.1 Å². The zero-order valence-corrected chi connectivity index (χ0v) is 15.1. The number of aromatic nitrogens is 2. The third kappa shape index (κ3) is 3.66. The SMILES string of the molecule is CCC1CCSC(CCn2ccnc2)(c2ccc(Cl)cc2)S1. The van der Waals surface area contributed by atoms with Gasteiger partial charge in [0, 0.05) is 29.2 Å². The zero-order chi connectivity index (χ0) is 15.4. The van der Waals surface area contributed by atoms with Gasteiger partial charge in [-0.1, -0.05) is 30.7 Å². The third-order valence-corrected chi connectivity index (χ3v) is 8.09. The predicted octanol–water partition coefficient (Wildman–Crippen LogP) is 5.43. The molecule has 5 heteroatoms. The Balaban J connectivity index is 1.85. The van der Waals surface area contributed by atoms with Gasteiger partial charge in [0.1, 0.15) is 0 Å². The van der Waals surface area contributed by atoms with Crippen LogP contribution in [0.3, 0.4) is 0 Å². The van der Waals surface area contributed by atoms with Crippen molar-refractivity contribution in [3.63, 3.8) is 0 Å². The Morgan fingerprint density at radius 2 is 2.18 bits per heavy atom. The molecule has 2 unspecified atom stereocenters. The van der Waals surface area contributed by atoms with Gasteiger partial charge in [0.05, 0.1) is 10.4 Å². The first-order valence-corrected chi connectivity index (χ1v) is 10.00.